The summed E-state index contributed by atoms with van der Waals surface area (Å²) in [5.41, 5.74) is 3.97. The van der Waals surface area contributed by atoms with E-state index in [9.17, 15) is 0 Å². The third-order valence-electron chi connectivity index (χ3n) is 3.64. The first-order valence-electron chi connectivity index (χ1n) is 8.37. The Labute approximate surface area is 169 Å². The van der Waals surface area contributed by atoms with Crippen LogP contribution in [-0.4, -0.2) is 0 Å². The van der Waals surface area contributed by atoms with Crippen molar-refractivity contribution in [1.82, 2.24) is 0 Å². The van der Waals surface area contributed by atoms with Gasteiger partial charge >= 0.3 is 0 Å². The van der Waals surface area contributed by atoms with Crippen LogP contribution in [0.15, 0.2) is 53.0 Å². The summed E-state index contributed by atoms with van der Waals surface area (Å²) in [5.74, 6) is 1.93. The minimum atomic E-state index is 0.490. The Bertz CT molecular complexity index is 594. The molecule has 0 aliphatic heterocycles. The molecule has 0 amide bonds. The molecule has 0 bridgehead atoms. The highest BCUT2D eigenvalue weighted by Crippen LogP contribution is 2.29. The summed E-state index contributed by atoms with van der Waals surface area (Å²) < 4.78 is 1.11. The molecular weight excluding hydrogens is 447 g/mol. The van der Waals surface area contributed by atoms with Crippen molar-refractivity contribution in [2.75, 3.05) is 0 Å². The summed E-state index contributed by atoms with van der Waals surface area (Å²) in [5, 5.41) is 0. The lowest BCUT2D eigenvalue weighted by Crippen LogP contribution is -1.97. The third kappa shape index (κ3) is 7.72. The van der Waals surface area contributed by atoms with E-state index in [-0.39, 0.29) is 0 Å². The molecule has 0 fully saturated rings. The molecule has 0 radical (unpaired) electrons. The van der Waals surface area contributed by atoms with Crippen LogP contribution in [0.2, 0.25) is 0 Å². The largest absolute Gasteiger partial charge is 0.122 e. The Morgan fingerprint density at radius 1 is 0.917 bits per heavy atom. The van der Waals surface area contributed by atoms with Crippen molar-refractivity contribution in [3.05, 3.63) is 69.7 Å². The van der Waals surface area contributed by atoms with Crippen molar-refractivity contribution in [3.63, 3.8) is 0 Å². The van der Waals surface area contributed by atoms with Gasteiger partial charge in [0.15, 0.2) is 0 Å². The van der Waals surface area contributed by atoms with Crippen LogP contribution in [0.4, 0.5) is 0 Å². The van der Waals surface area contributed by atoms with Crippen LogP contribution in [0.25, 0.3) is 0 Å². The van der Waals surface area contributed by atoms with E-state index in [1.54, 1.807) is 0 Å². The van der Waals surface area contributed by atoms with Gasteiger partial charge in [0, 0.05) is 15.2 Å². The molecule has 0 aliphatic carbocycles. The molecule has 2 rings (SSSR count). The van der Waals surface area contributed by atoms with Crippen LogP contribution in [-0.2, 0) is 12.3 Å². The van der Waals surface area contributed by atoms with E-state index >= 15 is 0 Å². The molecule has 0 aromatic heterocycles. The molecule has 132 valence electrons. The van der Waals surface area contributed by atoms with Gasteiger partial charge < -0.3 is 0 Å². The monoisotopic (exact) mass is 472 g/mol. The summed E-state index contributed by atoms with van der Waals surface area (Å²) in [4.78, 5) is 0.490. The van der Waals surface area contributed by atoms with Gasteiger partial charge in [-0.05, 0) is 47.1 Å². The molecule has 0 aliphatic rings. The molecule has 0 saturated carbocycles. The number of benzene rings is 2. The molecule has 0 saturated heterocycles. The first-order chi connectivity index (χ1) is 11.3. The maximum atomic E-state index is 5.87. The predicted molar refractivity (Wildman–Crippen MR) is 115 cm³/mol. The SMILES string of the molecule is CC(C)C(Br)c1ccccc1.CC(C)Cc1ccc(Br)cc1CCl. The maximum Gasteiger partial charge on any atom is 0.0477 e. The summed E-state index contributed by atoms with van der Waals surface area (Å²) in [6, 6.07) is 16.8. The van der Waals surface area contributed by atoms with Gasteiger partial charge in [0.2, 0.25) is 0 Å². The molecule has 3 heteroatoms. The third-order valence-corrected chi connectivity index (χ3v) is 6.01. The van der Waals surface area contributed by atoms with Gasteiger partial charge in [-0.25, -0.2) is 0 Å². The zero-order chi connectivity index (χ0) is 18.1. The standard InChI is InChI=1S/C11H14BrCl.C10H13Br/c1-8(2)5-9-3-4-11(12)6-10(9)7-13;1-8(2)10(11)9-6-4-3-5-7-9/h3-4,6,8H,5,7H2,1-2H3;3-8,10H,1-2H3. The quantitative estimate of drug-likeness (QED) is 0.383. The predicted octanol–water partition coefficient (Wildman–Crippen LogP) is 8.17. The van der Waals surface area contributed by atoms with Gasteiger partial charge in [0.05, 0.1) is 0 Å². The molecule has 1 atom stereocenters. The number of hydrogen-bond acceptors (Lipinski definition) is 0. The Balaban J connectivity index is 0.000000243. The average Bonchev–Trinajstić information content (AvgIpc) is 2.56. The number of halogens is 3. The molecule has 0 heterocycles. The van der Waals surface area contributed by atoms with Gasteiger partial charge in [-0.3, -0.25) is 0 Å². The van der Waals surface area contributed by atoms with E-state index in [0.29, 0.717) is 22.5 Å². The Kier molecular flexibility index (Phi) is 10.3. The zero-order valence-corrected chi connectivity index (χ0v) is 18.8. The lowest BCUT2D eigenvalue weighted by Gasteiger charge is -2.13. The highest BCUT2D eigenvalue weighted by Gasteiger charge is 2.09. The van der Waals surface area contributed by atoms with Gasteiger partial charge in [0.1, 0.15) is 0 Å². The molecule has 0 nitrogen and oxygen atoms in total. The highest BCUT2D eigenvalue weighted by atomic mass is 79.9. The van der Waals surface area contributed by atoms with Gasteiger partial charge in [-0.1, -0.05) is 96.0 Å². The van der Waals surface area contributed by atoms with Crippen molar-refractivity contribution in [2.45, 2.75) is 44.8 Å². The van der Waals surface area contributed by atoms with Crippen LogP contribution in [0.5, 0.6) is 0 Å². The topological polar surface area (TPSA) is 0 Å². The van der Waals surface area contributed by atoms with E-state index in [0.717, 1.165) is 10.9 Å². The number of hydrogen-bond donors (Lipinski definition) is 0. The van der Waals surface area contributed by atoms with Gasteiger partial charge in [0.25, 0.3) is 0 Å². The van der Waals surface area contributed by atoms with Crippen molar-refractivity contribution >= 4 is 43.5 Å². The fourth-order valence-corrected chi connectivity index (χ4v) is 3.34. The minimum Gasteiger partial charge on any atom is -0.122 e. The summed E-state index contributed by atoms with van der Waals surface area (Å²) in [6.07, 6.45) is 1.11. The molecule has 1 unspecified atom stereocenters. The summed E-state index contributed by atoms with van der Waals surface area (Å²) in [6.45, 7) is 8.87. The maximum absolute atomic E-state index is 5.87. The van der Waals surface area contributed by atoms with E-state index < -0.39 is 0 Å². The Hall–Kier alpha value is -0.310. The lowest BCUT2D eigenvalue weighted by molar-refractivity contribution is 0.641. The first-order valence-corrected chi connectivity index (χ1v) is 10.6. The molecular formula is C21H27Br2Cl. The zero-order valence-electron chi connectivity index (χ0n) is 14.9. The van der Waals surface area contributed by atoms with Crippen LogP contribution in [0.3, 0.4) is 0 Å². The fourth-order valence-electron chi connectivity index (χ4n) is 2.38. The Morgan fingerprint density at radius 2 is 1.54 bits per heavy atom. The second kappa shape index (κ2) is 11.3. The number of alkyl halides is 2. The van der Waals surface area contributed by atoms with Crippen LogP contribution in [0, 0.1) is 11.8 Å². The average molecular weight is 475 g/mol. The van der Waals surface area contributed by atoms with Crippen molar-refractivity contribution in [3.8, 4) is 0 Å². The summed E-state index contributed by atoms with van der Waals surface area (Å²) >= 11 is 13.0. The van der Waals surface area contributed by atoms with E-state index in [1.165, 1.54) is 16.7 Å². The molecule has 2 aromatic rings. The smallest absolute Gasteiger partial charge is 0.0477 e. The van der Waals surface area contributed by atoms with Crippen LogP contribution < -0.4 is 0 Å². The van der Waals surface area contributed by atoms with E-state index in [4.69, 9.17) is 11.6 Å². The number of rotatable bonds is 5. The van der Waals surface area contributed by atoms with Crippen molar-refractivity contribution in [2.24, 2.45) is 11.8 Å². The lowest BCUT2D eigenvalue weighted by atomic mass is 9.99. The van der Waals surface area contributed by atoms with E-state index in [2.05, 4.69) is 102 Å². The van der Waals surface area contributed by atoms with Gasteiger partial charge in [-0.2, -0.15) is 0 Å². The molecule has 0 spiro atoms. The van der Waals surface area contributed by atoms with Crippen molar-refractivity contribution < 1.29 is 0 Å². The van der Waals surface area contributed by atoms with Gasteiger partial charge in [-0.15, -0.1) is 11.6 Å². The molecule has 2 aromatic carbocycles. The molecule has 24 heavy (non-hydrogen) atoms. The van der Waals surface area contributed by atoms with E-state index in [1.807, 2.05) is 6.07 Å². The second-order valence-corrected chi connectivity index (χ2v) is 8.87. The second-order valence-electron chi connectivity index (χ2n) is 6.70. The van der Waals surface area contributed by atoms with Crippen LogP contribution >= 0.6 is 43.5 Å². The summed E-state index contributed by atoms with van der Waals surface area (Å²) in [7, 11) is 0. The van der Waals surface area contributed by atoms with Crippen LogP contribution in [0.1, 0.15) is 49.2 Å². The minimum absolute atomic E-state index is 0.490. The molecule has 0 N–H and O–H groups in total. The fraction of sp³-hybridized carbons (Fsp3) is 0.429. The van der Waals surface area contributed by atoms with Crippen molar-refractivity contribution in [1.29, 1.82) is 0 Å². The highest BCUT2D eigenvalue weighted by molar-refractivity contribution is 9.10. The Morgan fingerprint density at radius 3 is 2.04 bits per heavy atom. The first kappa shape index (κ1) is 21.7. The normalized spacial score (nSPS) is 12.0.